The predicted octanol–water partition coefficient (Wildman–Crippen LogP) is 3.65. The minimum atomic E-state index is 0.824. The lowest BCUT2D eigenvalue weighted by atomic mass is 10.0. The average Bonchev–Trinajstić information content (AvgIpc) is 2.66. The summed E-state index contributed by atoms with van der Waals surface area (Å²) in [7, 11) is 0. The van der Waals surface area contributed by atoms with E-state index in [1.807, 2.05) is 18.2 Å². The van der Waals surface area contributed by atoms with Crippen molar-refractivity contribution in [2.75, 3.05) is 5.73 Å². The van der Waals surface area contributed by atoms with Crippen molar-refractivity contribution in [3.63, 3.8) is 0 Å². The highest BCUT2D eigenvalue weighted by atomic mass is 14.7. The molecule has 1 aromatic heterocycles. The summed E-state index contributed by atoms with van der Waals surface area (Å²) in [5.41, 5.74) is 11.7. The molecular formula is C16H16N2. The van der Waals surface area contributed by atoms with Crippen LogP contribution in [0.2, 0.25) is 0 Å². The number of benzene rings is 2. The molecule has 2 heteroatoms. The summed E-state index contributed by atoms with van der Waals surface area (Å²) < 4.78 is 0. The smallest absolute Gasteiger partial charge is 0.0458 e. The molecule has 0 radical (unpaired) electrons. The molecule has 0 unspecified atom stereocenters. The molecule has 0 atom stereocenters. The Balaban J connectivity index is 2.07. The molecule has 3 rings (SSSR count). The number of H-pyrrole nitrogens is 1. The van der Waals surface area contributed by atoms with Crippen LogP contribution in [0.1, 0.15) is 16.8 Å². The topological polar surface area (TPSA) is 41.8 Å². The van der Waals surface area contributed by atoms with E-state index in [0.717, 1.165) is 12.1 Å². The maximum atomic E-state index is 5.83. The molecule has 3 aromatic rings. The fourth-order valence-electron chi connectivity index (χ4n) is 2.47. The summed E-state index contributed by atoms with van der Waals surface area (Å²) in [4.78, 5) is 3.43. The third-order valence-electron chi connectivity index (χ3n) is 3.36. The Hall–Kier alpha value is -2.22. The summed E-state index contributed by atoms with van der Waals surface area (Å²) >= 11 is 0. The molecule has 0 spiro atoms. The highest BCUT2D eigenvalue weighted by Crippen LogP contribution is 2.24. The van der Waals surface area contributed by atoms with Crippen LogP contribution in [0, 0.1) is 6.92 Å². The van der Waals surface area contributed by atoms with Crippen LogP contribution in [0.5, 0.6) is 0 Å². The van der Waals surface area contributed by atoms with Crippen molar-refractivity contribution in [3.05, 3.63) is 65.4 Å². The van der Waals surface area contributed by atoms with Gasteiger partial charge in [0.1, 0.15) is 0 Å². The summed E-state index contributed by atoms with van der Waals surface area (Å²) in [5.74, 6) is 0. The largest absolute Gasteiger partial charge is 0.399 e. The Morgan fingerprint density at radius 3 is 2.72 bits per heavy atom. The Morgan fingerprint density at radius 2 is 1.89 bits per heavy atom. The van der Waals surface area contributed by atoms with Gasteiger partial charge in [-0.25, -0.2) is 0 Å². The van der Waals surface area contributed by atoms with Gasteiger partial charge < -0.3 is 10.7 Å². The molecule has 0 fully saturated rings. The number of fused-ring (bicyclic) bond motifs is 1. The van der Waals surface area contributed by atoms with Gasteiger partial charge in [0, 0.05) is 22.3 Å². The molecule has 0 aliphatic rings. The quantitative estimate of drug-likeness (QED) is 0.655. The van der Waals surface area contributed by atoms with Crippen molar-refractivity contribution < 1.29 is 0 Å². The number of aryl methyl sites for hydroxylation is 1. The van der Waals surface area contributed by atoms with Crippen molar-refractivity contribution >= 4 is 16.6 Å². The van der Waals surface area contributed by atoms with Gasteiger partial charge >= 0.3 is 0 Å². The zero-order valence-corrected chi connectivity index (χ0v) is 10.4. The van der Waals surface area contributed by atoms with Crippen LogP contribution in [0.25, 0.3) is 10.9 Å². The lowest BCUT2D eigenvalue weighted by Crippen LogP contribution is -1.92. The highest BCUT2D eigenvalue weighted by Gasteiger charge is 2.08. The van der Waals surface area contributed by atoms with Crippen LogP contribution < -0.4 is 5.73 Å². The van der Waals surface area contributed by atoms with E-state index in [2.05, 4.69) is 42.2 Å². The minimum Gasteiger partial charge on any atom is -0.399 e. The zero-order valence-electron chi connectivity index (χ0n) is 10.4. The molecular weight excluding hydrogens is 220 g/mol. The van der Waals surface area contributed by atoms with E-state index in [0.29, 0.717) is 0 Å². The molecule has 2 aromatic carbocycles. The van der Waals surface area contributed by atoms with Crippen LogP contribution in [0.3, 0.4) is 0 Å². The second kappa shape index (κ2) is 4.22. The van der Waals surface area contributed by atoms with Gasteiger partial charge in [-0.3, -0.25) is 0 Å². The fraction of sp³-hybridized carbons (Fsp3) is 0.125. The zero-order chi connectivity index (χ0) is 12.5. The normalized spacial score (nSPS) is 10.9. The van der Waals surface area contributed by atoms with E-state index < -0.39 is 0 Å². The van der Waals surface area contributed by atoms with E-state index in [4.69, 9.17) is 5.73 Å². The number of anilines is 1. The molecule has 0 saturated carbocycles. The van der Waals surface area contributed by atoms with Crippen molar-refractivity contribution in [2.45, 2.75) is 13.3 Å². The van der Waals surface area contributed by atoms with Crippen LogP contribution in [0.15, 0.2) is 48.5 Å². The number of rotatable bonds is 2. The lowest BCUT2D eigenvalue weighted by Gasteiger charge is -2.03. The van der Waals surface area contributed by atoms with Crippen LogP contribution in [-0.2, 0) is 6.42 Å². The third kappa shape index (κ3) is 1.86. The summed E-state index contributed by atoms with van der Waals surface area (Å²) in [6, 6.07) is 16.5. The molecule has 1 heterocycles. The van der Waals surface area contributed by atoms with Gasteiger partial charge in [0.05, 0.1) is 0 Å². The van der Waals surface area contributed by atoms with Gasteiger partial charge in [-0.05, 0) is 42.7 Å². The molecule has 18 heavy (non-hydrogen) atoms. The van der Waals surface area contributed by atoms with Crippen molar-refractivity contribution in [1.82, 2.24) is 4.98 Å². The molecule has 0 aliphatic heterocycles. The second-order valence-corrected chi connectivity index (χ2v) is 4.70. The van der Waals surface area contributed by atoms with Crippen molar-refractivity contribution in [3.8, 4) is 0 Å². The number of nitrogens with one attached hydrogen (secondary N) is 1. The molecule has 0 amide bonds. The van der Waals surface area contributed by atoms with E-state index in [9.17, 15) is 0 Å². The average molecular weight is 236 g/mol. The van der Waals surface area contributed by atoms with Crippen LogP contribution >= 0.6 is 0 Å². The van der Waals surface area contributed by atoms with Gasteiger partial charge in [0.15, 0.2) is 0 Å². The number of nitrogens with two attached hydrogens (primary N) is 1. The van der Waals surface area contributed by atoms with E-state index >= 15 is 0 Å². The highest BCUT2D eigenvalue weighted by molar-refractivity contribution is 5.84. The number of nitrogen functional groups attached to an aromatic ring is 1. The summed E-state index contributed by atoms with van der Waals surface area (Å²) in [6.07, 6.45) is 0.918. The van der Waals surface area contributed by atoms with Crippen molar-refractivity contribution in [1.29, 1.82) is 0 Å². The first kappa shape index (κ1) is 10.9. The second-order valence-electron chi connectivity index (χ2n) is 4.70. The fourth-order valence-corrected chi connectivity index (χ4v) is 2.47. The molecule has 3 N–H and O–H groups in total. The lowest BCUT2D eigenvalue weighted by molar-refractivity contribution is 1.15. The van der Waals surface area contributed by atoms with Crippen molar-refractivity contribution in [2.24, 2.45) is 0 Å². The maximum Gasteiger partial charge on any atom is 0.0458 e. The van der Waals surface area contributed by atoms with Gasteiger partial charge in [-0.1, -0.05) is 30.3 Å². The first-order valence-electron chi connectivity index (χ1n) is 6.14. The first-order chi connectivity index (χ1) is 8.74. The number of para-hydroxylation sites is 1. The van der Waals surface area contributed by atoms with Gasteiger partial charge in [0.25, 0.3) is 0 Å². The SMILES string of the molecule is Cc1[nH]c2ccccc2c1Cc1cccc(N)c1. The van der Waals surface area contributed by atoms with E-state index in [-0.39, 0.29) is 0 Å². The standard InChI is InChI=1S/C16H16N2/c1-11-15(10-12-5-4-6-13(17)9-12)14-7-2-3-8-16(14)18-11/h2-9,18H,10,17H2,1H3. The maximum absolute atomic E-state index is 5.83. The minimum absolute atomic E-state index is 0.824. The Bertz CT molecular complexity index is 695. The predicted molar refractivity (Wildman–Crippen MR) is 76.7 cm³/mol. The summed E-state index contributed by atoms with van der Waals surface area (Å²) in [6.45, 7) is 2.13. The van der Waals surface area contributed by atoms with Gasteiger partial charge in [-0.2, -0.15) is 0 Å². The Kier molecular flexibility index (Phi) is 2.56. The number of hydrogen-bond donors (Lipinski definition) is 2. The monoisotopic (exact) mass is 236 g/mol. The van der Waals surface area contributed by atoms with Gasteiger partial charge in [0.2, 0.25) is 0 Å². The number of aromatic nitrogens is 1. The number of hydrogen-bond acceptors (Lipinski definition) is 1. The van der Waals surface area contributed by atoms with Crippen LogP contribution in [-0.4, -0.2) is 4.98 Å². The molecule has 0 bridgehead atoms. The molecule has 0 saturated heterocycles. The summed E-state index contributed by atoms with van der Waals surface area (Å²) in [5, 5.41) is 1.30. The Morgan fingerprint density at radius 1 is 1.06 bits per heavy atom. The third-order valence-corrected chi connectivity index (χ3v) is 3.36. The van der Waals surface area contributed by atoms with Gasteiger partial charge in [-0.15, -0.1) is 0 Å². The van der Waals surface area contributed by atoms with Crippen LogP contribution in [0.4, 0.5) is 5.69 Å². The first-order valence-corrected chi connectivity index (χ1v) is 6.14. The number of aromatic amines is 1. The van der Waals surface area contributed by atoms with E-state index in [1.165, 1.54) is 27.7 Å². The van der Waals surface area contributed by atoms with E-state index in [1.54, 1.807) is 0 Å². The molecule has 0 aliphatic carbocycles. The Labute approximate surface area is 106 Å². The molecule has 2 nitrogen and oxygen atoms in total. The molecule has 90 valence electrons.